The maximum absolute atomic E-state index is 13.0. The Morgan fingerprint density at radius 2 is 0.816 bits per heavy atom. The van der Waals surface area contributed by atoms with Gasteiger partial charge in [-0.15, -0.1) is 0 Å². The smallest absolute Gasteiger partial charge is 0.268 e. The third-order valence-corrected chi connectivity index (χ3v) is 14.4. The first-order chi connectivity index (χ1) is 37.0. The van der Waals surface area contributed by atoms with E-state index >= 15 is 0 Å². The van der Waals surface area contributed by atoms with Crippen molar-refractivity contribution in [2.24, 2.45) is 0 Å². The maximum atomic E-state index is 13.0. The second kappa shape index (κ2) is 56.9. The molecule has 0 radical (unpaired) electrons. The van der Waals surface area contributed by atoms with E-state index in [9.17, 15) is 19.4 Å². The minimum atomic E-state index is -4.62. The lowest BCUT2D eigenvalue weighted by Gasteiger charge is -2.29. The Labute approximate surface area is 470 Å². The van der Waals surface area contributed by atoms with E-state index in [1.54, 1.807) is 6.08 Å². The lowest BCUT2D eigenvalue weighted by atomic mass is 10.0. The van der Waals surface area contributed by atoms with Crippen molar-refractivity contribution in [3.8, 4) is 0 Å². The first-order valence-corrected chi connectivity index (χ1v) is 32.7. The minimum absolute atomic E-state index is 0.0114. The number of aliphatic hydroxyl groups is 1. The van der Waals surface area contributed by atoms with Crippen molar-refractivity contribution in [1.29, 1.82) is 0 Å². The average molecular weight is 1080 g/mol. The van der Waals surface area contributed by atoms with Crippen molar-refractivity contribution >= 4 is 13.7 Å². The Bertz CT molecular complexity index is 1600. The fourth-order valence-electron chi connectivity index (χ4n) is 8.62. The highest BCUT2D eigenvalue weighted by Crippen LogP contribution is 2.38. The molecule has 0 saturated carbocycles. The molecule has 76 heavy (non-hydrogen) atoms. The van der Waals surface area contributed by atoms with Gasteiger partial charge in [0.15, 0.2) is 0 Å². The summed E-state index contributed by atoms with van der Waals surface area (Å²) in [6, 6.07) is -0.913. The molecule has 0 aromatic carbocycles. The molecule has 9 heteroatoms. The summed E-state index contributed by atoms with van der Waals surface area (Å²) in [6.45, 7) is 4.52. The standard InChI is InChI=1S/C67H119N2O6P/c1-6-8-10-12-14-16-18-20-22-24-26-28-29-30-31-32-33-34-35-36-37-38-39-41-43-45-47-49-51-53-55-57-59-61-67(71)68-65(64-75-76(72,73)74-63-62-69(3,4)5)66(70)60-58-56-54-52-50-48-46-44-42-40-27-25-23-21-19-17-15-13-11-9-7-2/h8,10,14,16,20,22,26,28,30-31,33-34,36-37,50,52,58,60,65-66,70H,6-7,9,11-13,15,17-19,21,23-25,27,29,32,35,38-49,51,53-57,59,61-64H2,1-5H3,(H-,68,71,72,73)/b10-8-,16-14-,22-20-,28-26-,31-30-,34-33-,37-36-,52-50+,60-58+. The summed E-state index contributed by atoms with van der Waals surface area (Å²) < 4.78 is 23.4. The van der Waals surface area contributed by atoms with Gasteiger partial charge in [0.05, 0.1) is 39.9 Å². The highest BCUT2D eigenvalue weighted by atomic mass is 31.2. The van der Waals surface area contributed by atoms with Gasteiger partial charge in [0, 0.05) is 6.42 Å². The fraction of sp³-hybridized carbons (Fsp3) is 0.716. The van der Waals surface area contributed by atoms with Crippen LogP contribution in [0.3, 0.4) is 0 Å². The third kappa shape index (κ3) is 58.8. The van der Waals surface area contributed by atoms with Crippen LogP contribution in [0.4, 0.5) is 0 Å². The van der Waals surface area contributed by atoms with Crippen LogP contribution in [0.25, 0.3) is 0 Å². The topological polar surface area (TPSA) is 108 Å². The molecule has 0 aromatic heterocycles. The summed E-state index contributed by atoms with van der Waals surface area (Å²) in [7, 11) is 1.23. The van der Waals surface area contributed by atoms with Crippen LogP contribution in [0.5, 0.6) is 0 Å². The number of carbonyl (C=O) groups excluding carboxylic acids is 1. The first-order valence-electron chi connectivity index (χ1n) is 31.2. The van der Waals surface area contributed by atoms with Gasteiger partial charge in [0.1, 0.15) is 13.2 Å². The number of phosphoric acid groups is 1. The highest BCUT2D eigenvalue weighted by Gasteiger charge is 2.23. The van der Waals surface area contributed by atoms with Crippen LogP contribution in [0, 0.1) is 0 Å². The molecule has 0 heterocycles. The van der Waals surface area contributed by atoms with Gasteiger partial charge in [-0.1, -0.05) is 271 Å². The molecule has 0 bridgehead atoms. The average Bonchev–Trinajstić information content (AvgIpc) is 3.38. The van der Waals surface area contributed by atoms with Crippen molar-refractivity contribution in [3.05, 3.63) is 109 Å². The van der Waals surface area contributed by atoms with Gasteiger partial charge in [-0.05, 0) is 89.9 Å². The summed E-state index contributed by atoms with van der Waals surface area (Å²) in [5, 5.41) is 13.9. The Morgan fingerprint density at radius 1 is 0.474 bits per heavy atom. The van der Waals surface area contributed by atoms with E-state index < -0.39 is 26.6 Å². The summed E-state index contributed by atoms with van der Waals surface area (Å²) in [5.41, 5.74) is 0. The lowest BCUT2D eigenvalue weighted by molar-refractivity contribution is -0.870. The van der Waals surface area contributed by atoms with Gasteiger partial charge >= 0.3 is 0 Å². The predicted octanol–water partition coefficient (Wildman–Crippen LogP) is 18.9. The monoisotopic (exact) mass is 1080 g/mol. The second-order valence-electron chi connectivity index (χ2n) is 22.0. The van der Waals surface area contributed by atoms with E-state index in [0.29, 0.717) is 17.4 Å². The molecule has 3 atom stereocenters. The molecular formula is C67H119N2O6P. The molecule has 0 aliphatic heterocycles. The van der Waals surface area contributed by atoms with Crippen LogP contribution < -0.4 is 10.2 Å². The van der Waals surface area contributed by atoms with Crippen LogP contribution in [0.2, 0.25) is 0 Å². The van der Waals surface area contributed by atoms with E-state index in [0.717, 1.165) is 83.5 Å². The fourth-order valence-corrected chi connectivity index (χ4v) is 9.34. The SMILES string of the molecule is CC/C=C\C/C=C\C/C=C\C/C=C\C/C=C\C/C=C\C/C=C\CCCCCCCCCCCCCC(=O)NC(COP(=O)([O-])OCC[N+](C)(C)C)C(O)/C=C/CC/C=C/CCCCCCCCCCCCCCCCC. The van der Waals surface area contributed by atoms with Crippen LogP contribution in [-0.4, -0.2) is 68.5 Å². The zero-order valence-electron chi connectivity index (χ0n) is 49.9. The van der Waals surface area contributed by atoms with E-state index in [4.69, 9.17) is 9.05 Å². The van der Waals surface area contributed by atoms with Crippen molar-refractivity contribution in [2.75, 3.05) is 40.9 Å². The minimum Gasteiger partial charge on any atom is -0.756 e. The van der Waals surface area contributed by atoms with Gasteiger partial charge in [0.2, 0.25) is 5.91 Å². The molecule has 0 saturated heterocycles. The van der Waals surface area contributed by atoms with Gasteiger partial charge in [0.25, 0.3) is 7.82 Å². The Morgan fingerprint density at radius 3 is 1.22 bits per heavy atom. The van der Waals surface area contributed by atoms with Crippen molar-refractivity contribution in [2.45, 2.75) is 270 Å². The number of amides is 1. The van der Waals surface area contributed by atoms with E-state index in [2.05, 4.69) is 116 Å². The molecular weight excluding hydrogens is 960 g/mol. The summed E-state index contributed by atoms with van der Waals surface area (Å²) in [5.74, 6) is -0.213. The number of allylic oxidation sites excluding steroid dienone is 17. The van der Waals surface area contributed by atoms with Crippen molar-refractivity contribution < 1.29 is 32.9 Å². The number of nitrogens with zero attached hydrogens (tertiary/aromatic N) is 1. The maximum Gasteiger partial charge on any atom is 0.268 e. The van der Waals surface area contributed by atoms with Crippen LogP contribution in [0.1, 0.15) is 258 Å². The van der Waals surface area contributed by atoms with Crippen LogP contribution >= 0.6 is 7.82 Å². The summed E-state index contributed by atoms with van der Waals surface area (Å²) >= 11 is 0. The Kier molecular flexibility index (Phi) is 54.7. The molecule has 0 aromatic rings. The number of likely N-dealkylation sites (N-methyl/N-ethyl adjacent to an activating group) is 1. The van der Waals surface area contributed by atoms with Crippen molar-refractivity contribution in [3.63, 3.8) is 0 Å². The Balaban J connectivity index is 4.20. The number of aliphatic hydroxyl groups excluding tert-OH is 1. The number of rotatable bonds is 56. The van der Waals surface area contributed by atoms with Crippen LogP contribution in [0.15, 0.2) is 109 Å². The van der Waals surface area contributed by atoms with Gasteiger partial charge < -0.3 is 28.8 Å². The summed E-state index contributed by atoms with van der Waals surface area (Å²) in [6.07, 6.45) is 83.2. The predicted molar refractivity (Wildman–Crippen MR) is 329 cm³/mol. The number of hydrogen-bond acceptors (Lipinski definition) is 6. The second-order valence-corrected chi connectivity index (χ2v) is 23.4. The zero-order chi connectivity index (χ0) is 55.6. The third-order valence-electron chi connectivity index (χ3n) is 13.5. The lowest BCUT2D eigenvalue weighted by Crippen LogP contribution is -2.45. The van der Waals surface area contributed by atoms with Crippen molar-refractivity contribution in [1.82, 2.24) is 5.32 Å². The summed E-state index contributed by atoms with van der Waals surface area (Å²) in [4.78, 5) is 25.6. The quantitative estimate of drug-likeness (QED) is 0.0272. The van der Waals surface area contributed by atoms with E-state index in [-0.39, 0.29) is 12.5 Å². The molecule has 3 unspecified atom stereocenters. The van der Waals surface area contributed by atoms with Gasteiger partial charge in [-0.25, -0.2) is 0 Å². The molecule has 8 nitrogen and oxygen atoms in total. The largest absolute Gasteiger partial charge is 0.756 e. The van der Waals surface area contributed by atoms with Gasteiger partial charge in [-0.3, -0.25) is 9.36 Å². The molecule has 0 aliphatic rings. The van der Waals surface area contributed by atoms with Gasteiger partial charge in [-0.2, -0.15) is 0 Å². The first kappa shape index (κ1) is 73.2. The molecule has 0 spiro atoms. The van der Waals surface area contributed by atoms with E-state index in [1.807, 2.05) is 27.2 Å². The number of carbonyl (C=O) groups is 1. The number of hydrogen-bond donors (Lipinski definition) is 2. The number of phosphoric ester groups is 1. The number of nitrogens with one attached hydrogen (secondary N) is 1. The normalized spacial score (nSPS) is 14.6. The zero-order valence-corrected chi connectivity index (χ0v) is 50.8. The Hall–Kier alpha value is -2.84. The van der Waals surface area contributed by atoms with E-state index in [1.165, 1.54) is 154 Å². The molecule has 0 rings (SSSR count). The number of quaternary nitrogens is 1. The molecule has 0 aliphatic carbocycles. The molecule has 2 N–H and O–H groups in total. The van der Waals surface area contributed by atoms with Crippen LogP contribution in [-0.2, 0) is 18.4 Å². The molecule has 438 valence electrons. The molecule has 0 fully saturated rings. The molecule has 1 amide bonds. The highest BCUT2D eigenvalue weighted by molar-refractivity contribution is 7.45. The number of unbranched alkanes of at least 4 members (excludes halogenated alkanes) is 27.